The van der Waals surface area contributed by atoms with E-state index in [0.29, 0.717) is 17.9 Å². The molecule has 1 aromatic heterocycles. The first kappa shape index (κ1) is 22.5. The van der Waals surface area contributed by atoms with Crippen LogP contribution in [0.3, 0.4) is 0 Å². The molecule has 1 saturated heterocycles. The highest BCUT2D eigenvalue weighted by Gasteiger charge is 2.30. The second-order valence-corrected chi connectivity index (χ2v) is 10.0. The number of halogens is 1. The molecule has 1 aromatic carbocycles. The molecular weight excluding hydrogens is 417 g/mol. The van der Waals surface area contributed by atoms with Crippen molar-refractivity contribution >= 4 is 17.5 Å². The maximum absolute atomic E-state index is 13.3. The Bertz CT molecular complexity index is 901. The fourth-order valence-corrected chi connectivity index (χ4v) is 5.79. The van der Waals surface area contributed by atoms with Crippen LogP contribution in [0, 0.1) is 5.82 Å². The number of aliphatic hydroxyl groups excluding tert-OH is 1. The molecular formula is C26H36FN5O. The van der Waals surface area contributed by atoms with Gasteiger partial charge in [-0.15, -0.1) is 0 Å². The van der Waals surface area contributed by atoms with E-state index in [0.717, 1.165) is 69.2 Å². The Morgan fingerprint density at radius 1 is 0.909 bits per heavy atom. The molecule has 33 heavy (non-hydrogen) atoms. The number of aromatic nitrogens is 2. The Hall–Kier alpha value is -2.25. The lowest BCUT2D eigenvalue weighted by Crippen LogP contribution is -2.39. The van der Waals surface area contributed by atoms with E-state index >= 15 is 0 Å². The Kier molecular flexibility index (Phi) is 7.07. The summed E-state index contributed by atoms with van der Waals surface area (Å²) in [6.45, 7) is 2.31. The molecule has 0 bridgehead atoms. The van der Waals surface area contributed by atoms with Crippen LogP contribution in [0.25, 0.3) is 0 Å². The molecule has 3 N–H and O–H groups in total. The van der Waals surface area contributed by atoms with Crippen molar-refractivity contribution in [3.05, 3.63) is 41.8 Å². The highest BCUT2D eigenvalue weighted by molar-refractivity contribution is 5.57. The average molecular weight is 454 g/mol. The summed E-state index contributed by atoms with van der Waals surface area (Å²) in [5, 5.41) is 16.8. The van der Waals surface area contributed by atoms with Crippen LogP contribution in [0.15, 0.2) is 30.5 Å². The Balaban J connectivity index is 1.32. The normalized spacial score (nSPS) is 25.3. The van der Waals surface area contributed by atoms with E-state index in [-0.39, 0.29) is 11.9 Å². The summed E-state index contributed by atoms with van der Waals surface area (Å²) in [6.07, 6.45) is 13.1. The minimum absolute atomic E-state index is 0.177. The summed E-state index contributed by atoms with van der Waals surface area (Å²) >= 11 is 0. The van der Waals surface area contributed by atoms with Gasteiger partial charge < -0.3 is 20.6 Å². The molecule has 2 heterocycles. The van der Waals surface area contributed by atoms with Gasteiger partial charge in [0, 0.05) is 29.5 Å². The van der Waals surface area contributed by atoms with Gasteiger partial charge in [0.05, 0.1) is 6.10 Å². The number of nitrogens with zero attached hydrogens (tertiary/aromatic N) is 3. The lowest BCUT2D eigenvalue weighted by atomic mass is 9.88. The van der Waals surface area contributed by atoms with Crippen molar-refractivity contribution in [2.24, 2.45) is 0 Å². The van der Waals surface area contributed by atoms with Gasteiger partial charge in [0.1, 0.15) is 11.6 Å². The van der Waals surface area contributed by atoms with Crippen molar-refractivity contribution in [2.45, 2.75) is 88.3 Å². The van der Waals surface area contributed by atoms with Gasteiger partial charge in [-0.1, -0.05) is 12.8 Å². The SMILES string of the molecule is OC1CCC(Nc2nc(Nc3ccc(F)cc3)ncc2C2CCN(C3CCCC3)CC2)CC1. The first-order valence-electron chi connectivity index (χ1n) is 12.7. The first-order chi connectivity index (χ1) is 16.1. The Morgan fingerprint density at radius 3 is 2.30 bits per heavy atom. The number of aliphatic hydroxyl groups is 1. The summed E-state index contributed by atoms with van der Waals surface area (Å²) in [5.41, 5.74) is 1.97. The van der Waals surface area contributed by atoms with Crippen molar-refractivity contribution in [3.63, 3.8) is 0 Å². The smallest absolute Gasteiger partial charge is 0.229 e. The van der Waals surface area contributed by atoms with E-state index in [4.69, 9.17) is 4.98 Å². The zero-order valence-electron chi connectivity index (χ0n) is 19.3. The summed E-state index contributed by atoms with van der Waals surface area (Å²) in [4.78, 5) is 12.2. The van der Waals surface area contributed by atoms with Gasteiger partial charge >= 0.3 is 0 Å². The molecule has 2 aliphatic carbocycles. The first-order valence-corrected chi connectivity index (χ1v) is 12.7. The van der Waals surface area contributed by atoms with Crippen molar-refractivity contribution in [3.8, 4) is 0 Å². The summed E-state index contributed by atoms with van der Waals surface area (Å²) in [5.74, 6) is 1.63. The topological polar surface area (TPSA) is 73.3 Å². The van der Waals surface area contributed by atoms with Crippen LogP contribution in [0.4, 0.5) is 21.8 Å². The van der Waals surface area contributed by atoms with Crippen LogP contribution in [0.1, 0.15) is 75.7 Å². The monoisotopic (exact) mass is 453 g/mol. The number of benzene rings is 1. The molecule has 178 valence electrons. The van der Waals surface area contributed by atoms with Gasteiger partial charge in [0.15, 0.2) is 0 Å². The van der Waals surface area contributed by atoms with E-state index in [1.807, 2.05) is 6.20 Å². The summed E-state index contributed by atoms with van der Waals surface area (Å²) in [6, 6.07) is 7.36. The molecule has 0 spiro atoms. The zero-order valence-corrected chi connectivity index (χ0v) is 19.3. The lowest BCUT2D eigenvalue weighted by molar-refractivity contribution is 0.126. The molecule has 5 rings (SSSR count). The highest BCUT2D eigenvalue weighted by Crippen LogP contribution is 2.36. The van der Waals surface area contributed by atoms with Gasteiger partial charge in [-0.3, -0.25) is 0 Å². The molecule has 6 nitrogen and oxygen atoms in total. The lowest BCUT2D eigenvalue weighted by Gasteiger charge is -2.36. The fraction of sp³-hybridized carbons (Fsp3) is 0.615. The molecule has 0 atom stereocenters. The number of rotatable bonds is 6. The third-order valence-electron chi connectivity index (χ3n) is 7.77. The summed E-state index contributed by atoms with van der Waals surface area (Å²) in [7, 11) is 0. The second kappa shape index (κ2) is 10.3. The van der Waals surface area contributed by atoms with Crippen molar-refractivity contribution < 1.29 is 9.50 Å². The molecule has 0 amide bonds. The maximum atomic E-state index is 13.3. The molecule has 2 saturated carbocycles. The molecule has 1 aliphatic heterocycles. The van der Waals surface area contributed by atoms with E-state index in [2.05, 4.69) is 20.5 Å². The maximum Gasteiger partial charge on any atom is 0.229 e. The van der Waals surface area contributed by atoms with Crippen molar-refractivity contribution in [1.29, 1.82) is 0 Å². The molecule has 3 fully saturated rings. The molecule has 0 radical (unpaired) electrons. The van der Waals surface area contributed by atoms with Crippen LogP contribution >= 0.6 is 0 Å². The number of nitrogens with one attached hydrogen (secondary N) is 2. The third kappa shape index (κ3) is 5.64. The van der Waals surface area contributed by atoms with Crippen LogP contribution in [0.2, 0.25) is 0 Å². The van der Waals surface area contributed by atoms with Gasteiger partial charge in [-0.2, -0.15) is 4.98 Å². The molecule has 7 heteroatoms. The number of anilines is 3. The Morgan fingerprint density at radius 2 is 1.61 bits per heavy atom. The Labute approximate surface area is 196 Å². The van der Waals surface area contributed by atoms with Crippen molar-refractivity contribution in [1.82, 2.24) is 14.9 Å². The standard InChI is InChI=1S/C26H36FN5O/c27-19-5-7-21(8-6-19)30-26-28-17-24(25(31-26)29-20-9-11-23(33)12-10-20)18-13-15-32(16-14-18)22-3-1-2-4-22/h5-8,17-18,20,22-23,33H,1-4,9-16H2,(H2,28,29,30,31). The third-order valence-corrected chi connectivity index (χ3v) is 7.77. The van der Waals surface area contributed by atoms with Gasteiger partial charge in [-0.25, -0.2) is 9.37 Å². The van der Waals surface area contributed by atoms with E-state index in [1.165, 1.54) is 43.4 Å². The largest absolute Gasteiger partial charge is 0.393 e. The van der Waals surface area contributed by atoms with E-state index in [1.54, 1.807) is 12.1 Å². The fourth-order valence-electron chi connectivity index (χ4n) is 5.79. The van der Waals surface area contributed by atoms with Crippen LogP contribution in [-0.4, -0.2) is 51.3 Å². The predicted octanol–water partition coefficient (Wildman–Crippen LogP) is 5.20. The van der Waals surface area contributed by atoms with E-state index in [9.17, 15) is 9.50 Å². The number of piperidine rings is 1. The molecule has 3 aliphatic rings. The number of likely N-dealkylation sites (tertiary alicyclic amines) is 1. The van der Waals surface area contributed by atoms with Gasteiger partial charge in [0.25, 0.3) is 0 Å². The average Bonchev–Trinajstić information content (AvgIpc) is 3.38. The quantitative estimate of drug-likeness (QED) is 0.559. The zero-order chi connectivity index (χ0) is 22.6. The molecule has 2 aromatic rings. The van der Waals surface area contributed by atoms with Gasteiger partial charge in [0.2, 0.25) is 5.95 Å². The number of hydrogen-bond acceptors (Lipinski definition) is 6. The van der Waals surface area contributed by atoms with Crippen molar-refractivity contribution in [2.75, 3.05) is 23.7 Å². The van der Waals surface area contributed by atoms with Gasteiger partial charge in [-0.05, 0) is 94.6 Å². The molecule has 0 unspecified atom stereocenters. The van der Waals surface area contributed by atoms with E-state index < -0.39 is 0 Å². The second-order valence-electron chi connectivity index (χ2n) is 10.0. The minimum Gasteiger partial charge on any atom is -0.393 e. The summed E-state index contributed by atoms with van der Waals surface area (Å²) < 4.78 is 13.3. The van der Waals surface area contributed by atoms with Crippen LogP contribution < -0.4 is 10.6 Å². The van der Waals surface area contributed by atoms with Crippen LogP contribution in [0.5, 0.6) is 0 Å². The minimum atomic E-state index is -0.261. The predicted molar refractivity (Wildman–Crippen MR) is 129 cm³/mol. The highest BCUT2D eigenvalue weighted by atomic mass is 19.1. The number of hydrogen-bond donors (Lipinski definition) is 3. The van der Waals surface area contributed by atoms with Crippen LogP contribution in [-0.2, 0) is 0 Å².